The maximum Gasteiger partial charge on any atom is 0.134 e. The Hall–Kier alpha value is -1.28. The van der Waals surface area contributed by atoms with Gasteiger partial charge in [0.15, 0.2) is 0 Å². The van der Waals surface area contributed by atoms with E-state index in [1.165, 1.54) is 10.9 Å². The van der Waals surface area contributed by atoms with Crippen molar-refractivity contribution in [3.63, 3.8) is 0 Å². The third-order valence-electron chi connectivity index (χ3n) is 2.36. The van der Waals surface area contributed by atoms with Crippen LogP contribution in [0.3, 0.4) is 0 Å². The molecule has 0 unspecified atom stereocenters. The minimum Gasteiger partial charge on any atom is -0.464 e. The van der Waals surface area contributed by atoms with Crippen LogP contribution >= 0.6 is 0 Å². The molecule has 0 aliphatic carbocycles. The second-order valence-corrected chi connectivity index (χ2v) is 3.40. The van der Waals surface area contributed by atoms with Crippen molar-refractivity contribution in [3.8, 4) is 0 Å². The van der Waals surface area contributed by atoms with E-state index in [-0.39, 0.29) is 1.43 Å². The van der Waals surface area contributed by atoms with E-state index < -0.39 is 0 Å². The first-order chi connectivity index (χ1) is 7.90. The van der Waals surface area contributed by atoms with Crippen molar-refractivity contribution in [2.75, 3.05) is 13.1 Å². The molecule has 2 nitrogen and oxygen atoms in total. The zero-order valence-electron chi connectivity index (χ0n) is 10.4. The molecule has 2 heteroatoms. The van der Waals surface area contributed by atoms with Gasteiger partial charge in [-0.05, 0) is 37.2 Å². The largest absolute Gasteiger partial charge is 0.464 e. The van der Waals surface area contributed by atoms with Gasteiger partial charge >= 0.3 is 0 Å². The zero-order valence-corrected chi connectivity index (χ0v) is 10.4. The summed E-state index contributed by atoms with van der Waals surface area (Å²) in [5.41, 5.74) is 2.31. The van der Waals surface area contributed by atoms with Crippen LogP contribution in [0, 0.1) is 0 Å². The highest BCUT2D eigenvalue weighted by molar-refractivity contribution is 5.77. The number of furan rings is 1. The highest BCUT2D eigenvalue weighted by Crippen LogP contribution is 2.16. The average molecular weight is 221 g/mol. The highest BCUT2D eigenvalue weighted by Gasteiger charge is 1.98. The summed E-state index contributed by atoms with van der Waals surface area (Å²) in [5.74, 6) is 0. The van der Waals surface area contributed by atoms with Gasteiger partial charge in [0, 0.05) is 6.81 Å². The van der Waals surface area contributed by atoms with Crippen LogP contribution in [0.1, 0.15) is 27.8 Å². The van der Waals surface area contributed by atoms with Crippen LogP contribution in [0.2, 0.25) is 0 Å². The molecule has 2 aromatic rings. The van der Waals surface area contributed by atoms with Crippen molar-refractivity contribution in [2.45, 2.75) is 27.2 Å². The van der Waals surface area contributed by atoms with Crippen LogP contribution in [-0.2, 0) is 6.42 Å². The predicted octanol–water partition coefficient (Wildman–Crippen LogP) is 3.86. The second-order valence-electron chi connectivity index (χ2n) is 3.40. The van der Waals surface area contributed by atoms with E-state index in [9.17, 15) is 0 Å². The lowest BCUT2D eigenvalue weighted by Gasteiger charge is -2.01. The molecular weight excluding hydrogens is 198 g/mol. The maximum atomic E-state index is 5.34. The van der Waals surface area contributed by atoms with Crippen molar-refractivity contribution in [1.82, 2.24) is 5.32 Å². The van der Waals surface area contributed by atoms with Gasteiger partial charge in [-0.15, -0.1) is 0 Å². The van der Waals surface area contributed by atoms with Crippen molar-refractivity contribution < 1.29 is 5.84 Å². The summed E-state index contributed by atoms with van der Waals surface area (Å²) in [5, 5.41) is 4.49. The molecule has 0 amide bonds. The van der Waals surface area contributed by atoms with Crippen LogP contribution in [-0.4, -0.2) is 13.1 Å². The molecule has 0 aliphatic heterocycles. The number of nitrogens with one attached hydrogen (secondary N) is 1. The molecule has 90 valence electrons. The Morgan fingerprint density at radius 3 is 2.81 bits per heavy atom. The summed E-state index contributed by atoms with van der Waals surface area (Å²) in [6.07, 6.45) is 2.79. The van der Waals surface area contributed by atoms with Crippen LogP contribution in [0.15, 0.2) is 34.9 Å². The number of hydrogen-bond acceptors (Lipinski definition) is 2. The smallest absolute Gasteiger partial charge is 0.134 e. The third-order valence-corrected chi connectivity index (χ3v) is 2.36. The van der Waals surface area contributed by atoms with E-state index in [2.05, 4.69) is 30.4 Å². The average Bonchev–Trinajstić information content (AvgIpc) is 2.79. The number of likely N-dealkylation sites (N-methyl/N-ethyl adjacent to an activating group) is 1. The number of hydrogen-bond donors (Lipinski definition) is 1. The summed E-state index contributed by atoms with van der Waals surface area (Å²) < 4.78 is 5.34. The second kappa shape index (κ2) is 7.07. The van der Waals surface area contributed by atoms with E-state index in [0.717, 1.165) is 25.1 Å². The highest BCUT2D eigenvalue weighted by atomic mass is 16.3. The predicted molar refractivity (Wildman–Crippen MR) is 71.9 cm³/mol. The van der Waals surface area contributed by atoms with Gasteiger partial charge in [-0.2, -0.15) is 0 Å². The fourth-order valence-corrected chi connectivity index (χ4v) is 1.56. The molecule has 0 aliphatic rings. The van der Waals surface area contributed by atoms with Gasteiger partial charge in [0.05, 0.1) is 6.26 Å². The first-order valence-electron chi connectivity index (χ1n) is 6.07. The Labute approximate surface area is 99.1 Å². The molecule has 0 saturated heterocycles. The summed E-state index contributed by atoms with van der Waals surface area (Å²) >= 11 is 0. The Kier molecular flexibility index (Phi) is 5.65. The molecule has 1 aromatic heterocycles. The molecular formula is C14H23NO. The van der Waals surface area contributed by atoms with Gasteiger partial charge in [-0.3, -0.25) is 0 Å². The minimum absolute atomic E-state index is 0. The first kappa shape index (κ1) is 12.8. The zero-order chi connectivity index (χ0) is 11.8. The maximum absolute atomic E-state index is 5.34. The van der Waals surface area contributed by atoms with E-state index >= 15 is 0 Å². The van der Waals surface area contributed by atoms with Crippen molar-refractivity contribution in [2.24, 2.45) is 0 Å². The van der Waals surface area contributed by atoms with Crippen LogP contribution in [0.25, 0.3) is 11.0 Å². The summed E-state index contributed by atoms with van der Waals surface area (Å²) in [6, 6.07) is 8.38. The van der Waals surface area contributed by atoms with Crippen LogP contribution in [0.4, 0.5) is 0 Å². The van der Waals surface area contributed by atoms with Crippen molar-refractivity contribution >= 4 is 11.0 Å². The van der Waals surface area contributed by atoms with Gasteiger partial charge in [0.1, 0.15) is 5.58 Å². The van der Waals surface area contributed by atoms with Gasteiger partial charge < -0.3 is 9.73 Å². The fraction of sp³-hybridized carbons (Fsp3) is 0.429. The Morgan fingerprint density at radius 2 is 2.06 bits per heavy atom. The molecule has 0 saturated carbocycles. The monoisotopic (exact) mass is 221 g/mol. The third kappa shape index (κ3) is 3.38. The van der Waals surface area contributed by atoms with E-state index in [0.29, 0.717) is 0 Å². The van der Waals surface area contributed by atoms with E-state index in [1.807, 2.05) is 19.9 Å². The SMILES string of the molecule is CC.CCNCCc1ccc2ccoc2c1.[HH]. The molecule has 1 heterocycles. The quantitative estimate of drug-likeness (QED) is 0.793. The number of rotatable bonds is 4. The first-order valence-corrected chi connectivity index (χ1v) is 6.07. The molecule has 1 aromatic carbocycles. The van der Waals surface area contributed by atoms with Gasteiger partial charge in [-0.25, -0.2) is 0 Å². The molecule has 16 heavy (non-hydrogen) atoms. The van der Waals surface area contributed by atoms with Crippen LogP contribution < -0.4 is 5.32 Å². The molecule has 0 spiro atoms. The lowest BCUT2D eigenvalue weighted by Crippen LogP contribution is -2.15. The number of fused-ring (bicyclic) bond motifs is 1. The summed E-state index contributed by atoms with van der Waals surface area (Å²) in [4.78, 5) is 0. The molecule has 0 bridgehead atoms. The van der Waals surface area contributed by atoms with Gasteiger partial charge in [-0.1, -0.05) is 32.9 Å². The van der Waals surface area contributed by atoms with Gasteiger partial charge in [0.25, 0.3) is 0 Å². The molecule has 0 fully saturated rings. The van der Waals surface area contributed by atoms with Gasteiger partial charge in [0.2, 0.25) is 0 Å². The Morgan fingerprint density at radius 1 is 1.25 bits per heavy atom. The lowest BCUT2D eigenvalue weighted by molar-refractivity contribution is 0.615. The lowest BCUT2D eigenvalue weighted by atomic mass is 10.1. The summed E-state index contributed by atoms with van der Waals surface area (Å²) in [7, 11) is 0. The van der Waals surface area contributed by atoms with Crippen molar-refractivity contribution in [1.29, 1.82) is 0 Å². The molecule has 0 atom stereocenters. The minimum atomic E-state index is 0. The van der Waals surface area contributed by atoms with E-state index in [1.54, 1.807) is 6.26 Å². The Balaban J connectivity index is 0.000000811. The normalized spacial score (nSPS) is 9.94. The van der Waals surface area contributed by atoms with Crippen molar-refractivity contribution in [3.05, 3.63) is 36.1 Å². The van der Waals surface area contributed by atoms with Crippen LogP contribution in [0.5, 0.6) is 0 Å². The van der Waals surface area contributed by atoms with E-state index in [4.69, 9.17) is 4.42 Å². The summed E-state index contributed by atoms with van der Waals surface area (Å²) in [6.45, 7) is 8.18. The topological polar surface area (TPSA) is 25.2 Å². The molecule has 0 radical (unpaired) electrons. The standard InChI is InChI=1S/C12H15NO.C2H6.H2/c1-2-13-7-5-10-3-4-11-6-8-14-12(11)9-10;1-2;/h3-4,6,8-9,13H,2,5,7H2,1H3;1-2H3;1H. The Bertz CT molecular complexity index is 411. The molecule has 1 N–H and O–H groups in total. The fourth-order valence-electron chi connectivity index (χ4n) is 1.56. The number of benzene rings is 1. The molecule has 2 rings (SSSR count).